The third-order valence-electron chi connectivity index (χ3n) is 3.15. The normalized spacial score (nSPS) is 20.6. The van der Waals surface area contributed by atoms with E-state index in [9.17, 15) is 13.2 Å². The van der Waals surface area contributed by atoms with Gasteiger partial charge in [-0.1, -0.05) is 19.3 Å². The monoisotopic (exact) mass is 247 g/mol. The standard InChI is InChI=1S/C11H21NO3S/c1-16(14,15)8-5-10(13)9-11(12)6-3-2-4-7-11/h2-9,12H2,1H3. The van der Waals surface area contributed by atoms with Crippen LogP contribution in [0, 0.1) is 0 Å². The summed E-state index contributed by atoms with van der Waals surface area (Å²) in [6, 6.07) is 0. The summed E-state index contributed by atoms with van der Waals surface area (Å²) < 4.78 is 21.8. The van der Waals surface area contributed by atoms with E-state index in [2.05, 4.69) is 0 Å². The lowest BCUT2D eigenvalue weighted by atomic mass is 9.79. The molecule has 0 radical (unpaired) electrons. The van der Waals surface area contributed by atoms with Gasteiger partial charge in [-0.2, -0.15) is 0 Å². The molecule has 1 aliphatic rings. The highest BCUT2D eigenvalue weighted by Crippen LogP contribution is 2.29. The second-order valence-corrected chi connectivity index (χ2v) is 7.28. The SMILES string of the molecule is CS(=O)(=O)CCC(=O)CC1(N)CCCCC1. The van der Waals surface area contributed by atoms with Crippen molar-refractivity contribution >= 4 is 15.6 Å². The molecule has 1 saturated carbocycles. The van der Waals surface area contributed by atoms with Gasteiger partial charge < -0.3 is 5.73 Å². The average Bonchev–Trinajstić information content (AvgIpc) is 2.14. The summed E-state index contributed by atoms with van der Waals surface area (Å²) >= 11 is 0. The van der Waals surface area contributed by atoms with Crippen LogP contribution in [0.25, 0.3) is 0 Å². The van der Waals surface area contributed by atoms with Gasteiger partial charge in [0.2, 0.25) is 0 Å². The molecule has 0 spiro atoms. The largest absolute Gasteiger partial charge is 0.325 e. The molecule has 1 rings (SSSR count). The van der Waals surface area contributed by atoms with Gasteiger partial charge in [-0.3, -0.25) is 4.79 Å². The summed E-state index contributed by atoms with van der Waals surface area (Å²) in [5.41, 5.74) is 5.76. The molecule has 0 aromatic carbocycles. The van der Waals surface area contributed by atoms with Crippen molar-refractivity contribution in [1.82, 2.24) is 0 Å². The molecule has 0 amide bonds. The first-order valence-electron chi connectivity index (χ1n) is 5.79. The number of sulfone groups is 1. The topological polar surface area (TPSA) is 77.2 Å². The van der Waals surface area contributed by atoms with Crippen molar-refractivity contribution in [2.45, 2.75) is 50.5 Å². The molecule has 0 bridgehead atoms. The van der Waals surface area contributed by atoms with Gasteiger partial charge in [0, 0.05) is 24.6 Å². The van der Waals surface area contributed by atoms with Gasteiger partial charge in [-0.25, -0.2) is 8.42 Å². The van der Waals surface area contributed by atoms with Crippen LogP contribution in [0.15, 0.2) is 0 Å². The van der Waals surface area contributed by atoms with Gasteiger partial charge >= 0.3 is 0 Å². The molecule has 2 N–H and O–H groups in total. The molecular weight excluding hydrogens is 226 g/mol. The Labute approximate surface area is 97.5 Å². The van der Waals surface area contributed by atoms with E-state index in [4.69, 9.17) is 5.73 Å². The molecule has 0 aromatic heterocycles. The maximum Gasteiger partial charge on any atom is 0.147 e. The first kappa shape index (κ1) is 13.6. The second-order valence-electron chi connectivity index (χ2n) is 5.02. The van der Waals surface area contributed by atoms with Crippen molar-refractivity contribution in [3.8, 4) is 0 Å². The van der Waals surface area contributed by atoms with E-state index >= 15 is 0 Å². The highest BCUT2D eigenvalue weighted by molar-refractivity contribution is 7.90. The molecular formula is C11H21NO3S. The maximum atomic E-state index is 11.6. The summed E-state index contributed by atoms with van der Waals surface area (Å²) in [5, 5.41) is 0. The van der Waals surface area contributed by atoms with Crippen LogP contribution in [-0.4, -0.2) is 31.7 Å². The van der Waals surface area contributed by atoms with Crippen LogP contribution in [-0.2, 0) is 14.6 Å². The summed E-state index contributed by atoms with van der Waals surface area (Å²) in [7, 11) is -3.04. The van der Waals surface area contributed by atoms with Crippen LogP contribution in [0.2, 0.25) is 0 Å². The summed E-state index contributed by atoms with van der Waals surface area (Å²) in [6.45, 7) is 0. The number of carbonyl (C=O) groups is 1. The molecule has 0 heterocycles. The van der Waals surface area contributed by atoms with Crippen molar-refractivity contribution < 1.29 is 13.2 Å². The number of carbonyl (C=O) groups excluding carboxylic acids is 1. The summed E-state index contributed by atoms with van der Waals surface area (Å²) in [6.07, 6.45) is 6.72. The van der Waals surface area contributed by atoms with E-state index in [0.29, 0.717) is 6.42 Å². The molecule has 1 fully saturated rings. The van der Waals surface area contributed by atoms with Crippen molar-refractivity contribution in [2.24, 2.45) is 5.73 Å². The predicted molar refractivity (Wildman–Crippen MR) is 64.0 cm³/mol. The Bertz CT molecular complexity index is 342. The quantitative estimate of drug-likeness (QED) is 0.787. The van der Waals surface area contributed by atoms with E-state index in [-0.39, 0.29) is 23.5 Å². The zero-order chi connectivity index (χ0) is 12.2. The predicted octanol–water partition coefficient (Wildman–Crippen LogP) is 1.04. The third kappa shape index (κ3) is 5.07. The van der Waals surface area contributed by atoms with Crippen molar-refractivity contribution in [3.05, 3.63) is 0 Å². The third-order valence-corrected chi connectivity index (χ3v) is 4.10. The fourth-order valence-electron chi connectivity index (χ4n) is 2.21. The lowest BCUT2D eigenvalue weighted by Crippen LogP contribution is -2.43. The Hall–Kier alpha value is -0.420. The van der Waals surface area contributed by atoms with Crippen LogP contribution < -0.4 is 5.73 Å². The van der Waals surface area contributed by atoms with Crippen LogP contribution in [0.4, 0.5) is 0 Å². The Morgan fingerprint density at radius 1 is 1.25 bits per heavy atom. The van der Waals surface area contributed by atoms with Crippen molar-refractivity contribution in [1.29, 1.82) is 0 Å². The molecule has 4 nitrogen and oxygen atoms in total. The van der Waals surface area contributed by atoms with E-state index in [1.807, 2.05) is 0 Å². The molecule has 0 aromatic rings. The zero-order valence-corrected chi connectivity index (χ0v) is 10.7. The van der Waals surface area contributed by atoms with Crippen LogP contribution in [0.3, 0.4) is 0 Å². The van der Waals surface area contributed by atoms with Gasteiger partial charge in [-0.15, -0.1) is 0 Å². The Morgan fingerprint density at radius 3 is 2.31 bits per heavy atom. The first-order chi connectivity index (χ1) is 7.31. The van der Waals surface area contributed by atoms with Crippen LogP contribution >= 0.6 is 0 Å². The van der Waals surface area contributed by atoms with E-state index in [1.165, 1.54) is 6.42 Å². The molecule has 0 saturated heterocycles. The van der Waals surface area contributed by atoms with E-state index in [1.54, 1.807) is 0 Å². The lowest BCUT2D eigenvalue weighted by molar-refractivity contribution is -0.120. The summed E-state index contributed by atoms with van der Waals surface area (Å²) in [4.78, 5) is 11.6. The summed E-state index contributed by atoms with van der Waals surface area (Å²) in [5.74, 6) is -0.0723. The second kappa shape index (κ2) is 5.27. The minimum absolute atomic E-state index is 0.0187. The van der Waals surface area contributed by atoms with Crippen LogP contribution in [0.1, 0.15) is 44.9 Å². The zero-order valence-electron chi connectivity index (χ0n) is 9.87. The number of nitrogens with two attached hydrogens (primary N) is 1. The number of Topliss-reactive ketones (excluding diaryl/α,β-unsaturated/α-hetero) is 1. The van der Waals surface area contributed by atoms with Crippen molar-refractivity contribution in [3.63, 3.8) is 0 Å². The Morgan fingerprint density at radius 2 is 1.81 bits per heavy atom. The molecule has 0 atom stereocenters. The van der Waals surface area contributed by atoms with Crippen LogP contribution in [0.5, 0.6) is 0 Å². The highest BCUT2D eigenvalue weighted by atomic mass is 32.2. The van der Waals surface area contributed by atoms with Gasteiger partial charge in [-0.05, 0) is 12.8 Å². The molecule has 16 heavy (non-hydrogen) atoms. The Kier molecular flexibility index (Phi) is 4.50. The number of hydrogen-bond donors (Lipinski definition) is 1. The minimum Gasteiger partial charge on any atom is -0.325 e. The fourth-order valence-corrected chi connectivity index (χ4v) is 2.81. The van der Waals surface area contributed by atoms with Gasteiger partial charge in [0.25, 0.3) is 0 Å². The first-order valence-corrected chi connectivity index (χ1v) is 7.85. The number of hydrogen-bond acceptors (Lipinski definition) is 4. The molecule has 5 heteroatoms. The van der Waals surface area contributed by atoms with Gasteiger partial charge in [0.1, 0.15) is 15.6 Å². The smallest absolute Gasteiger partial charge is 0.147 e. The van der Waals surface area contributed by atoms with Crippen molar-refractivity contribution in [2.75, 3.05) is 12.0 Å². The minimum atomic E-state index is -3.04. The lowest BCUT2D eigenvalue weighted by Gasteiger charge is -2.32. The van der Waals surface area contributed by atoms with E-state index < -0.39 is 9.84 Å². The highest BCUT2D eigenvalue weighted by Gasteiger charge is 2.29. The number of rotatable bonds is 5. The van der Waals surface area contributed by atoms with Gasteiger partial charge in [0.05, 0.1) is 5.75 Å². The van der Waals surface area contributed by atoms with Gasteiger partial charge in [0.15, 0.2) is 0 Å². The maximum absolute atomic E-state index is 11.6. The molecule has 94 valence electrons. The number of ketones is 1. The molecule has 0 aliphatic heterocycles. The Balaban J connectivity index is 2.38. The average molecular weight is 247 g/mol. The van der Waals surface area contributed by atoms with E-state index in [0.717, 1.165) is 31.9 Å². The molecule has 0 unspecified atom stereocenters. The molecule has 1 aliphatic carbocycles. The fraction of sp³-hybridized carbons (Fsp3) is 0.909.